The molecule has 0 amide bonds. The highest BCUT2D eigenvalue weighted by molar-refractivity contribution is 9.10. The van der Waals surface area contributed by atoms with E-state index in [1.807, 2.05) is 13.8 Å². The molecule has 0 saturated heterocycles. The van der Waals surface area contributed by atoms with Crippen LogP contribution in [0.2, 0.25) is 10.0 Å². The van der Waals surface area contributed by atoms with Crippen LogP contribution in [0.5, 0.6) is 5.75 Å². The van der Waals surface area contributed by atoms with Crippen molar-refractivity contribution in [2.24, 2.45) is 0 Å². The highest BCUT2D eigenvalue weighted by atomic mass is 79.9. The second-order valence-electron chi connectivity index (χ2n) is 3.82. The Labute approximate surface area is 119 Å². The molecule has 0 aromatic heterocycles. The summed E-state index contributed by atoms with van der Waals surface area (Å²) in [6.07, 6.45) is 0.659. The average molecular weight is 340 g/mol. The van der Waals surface area contributed by atoms with Gasteiger partial charge in [-0.3, -0.25) is 4.79 Å². The van der Waals surface area contributed by atoms with E-state index < -0.39 is 4.32 Å². The minimum Gasteiger partial charge on any atom is -0.495 e. The van der Waals surface area contributed by atoms with Crippen LogP contribution in [-0.2, 0) is 0 Å². The Morgan fingerprint density at radius 3 is 2.47 bits per heavy atom. The van der Waals surface area contributed by atoms with Gasteiger partial charge < -0.3 is 4.74 Å². The first kappa shape index (κ1) is 14.8. The number of Topliss-reactive ketones (excluding diaryl/α,β-unsaturated/α-hetero) is 1. The van der Waals surface area contributed by atoms with E-state index in [0.29, 0.717) is 17.7 Å². The van der Waals surface area contributed by atoms with Crippen LogP contribution in [0.1, 0.15) is 30.6 Å². The van der Waals surface area contributed by atoms with Gasteiger partial charge in [0.2, 0.25) is 0 Å². The van der Waals surface area contributed by atoms with Gasteiger partial charge in [0.05, 0.1) is 16.5 Å². The first-order valence-electron chi connectivity index (χ1n) is 5.10. The molecule has 1 atom stereocenters. The predicted octanol–water partition coefficient (Wildman–Crippen LogP) is 4.75. The highest BCUT2D eigenvalue weighted by Crippen LogP contribution is 2.37. The van der Waals surface area contributed by atoms with Gasteiger partial charge in [0.15, 0.2) is 5.78 Å². The lowest BCUT2D eigenvalue weighted by Gasteiger charge is -2.20. The second kappa shape index (κ2) is 5.59. The maximum absolute atomic E-state index is 12.2. The minimum atomic E-state index is -0.630. The van der Waals surface area contributed by atoms with Crippen molar-refractivity contribution in [3.63, 3.8) is 0 Å². The molecule has 1 aromatic rings. The third kappa shape index (κ3) is 2.95. The molecule has 1 unspecified atom stereocenters. The number of carbonyl (C=O) groups is 1. The van der Waals surface area contributed by atoms with Crippen LogP contribution in [0.25, 0.3) is 0 Å². The molecule has 0 N–H and O–H groups in total. The van der Waals surface area contributed by atoms with Crippen LogP contribution < -0.4 is 4.74 Å². The van der Waals surface area contributed by atoms with E-state index in [0.717, 1.165) is 0 Å². The summed E-state index contributed by atoms with van der Waals surface area (Å²) in [5.74, 6) is 0.371. The van der Waals surface area contributed by atoms with Crippen LogP contribution >= 0.6 is 39.1 Å². The molecule has 5 heteroatoms. The van der Waals surface area contributed by atoms with E-state index in [1.165, 1.54) is 7.11 Å². The van der Waals surface area contributed by atoms with Gasteiger partial charge >= 0.3 is 0 Å². The Balaban J connectivity index is 3.26. The van der Waals surface area contributed by atoms with E-state index in [2.05, 4.69) is 15.9 Å². The molecule has 0 bridgehead atoms. The van der Waals surface area contributed by atoms with Gasteiger partial charge in [-0.05, 0) is 25.5 Å². The zero-order chi connectivity index (χ0) is 13.2. The van der Waals surface area contributed by atoms with Crippen molar-refractivity contribution < 1.29 is 9.53 Å². The Morgan fingerprint density at radius 2 is 2.00 bits per heavy atom. The summed E-state index contributed by atoms with van der Waals surface area (Å²) in [4.78, 5) is 12.2. The smallest absolute Gasteiger partial charge is 0.180 e. The summed E-state index contributed by atoms with van der Waals surface area (Å²) in [5, 5.41) is 0.495. The van der Waals surface area contributed by atoms with Crippen LogP contribution in [0.15, 0.2) is 12.1 Å². The predicted molar refractivity (Wildman–Crippen MR) is 75.0 cm³/mol. The van der Waals surface area contributed by atoms with Crippen LogP contribution in [0.3, 0.4) is 0 Å². The maximum atomic E-state index is 12.2. The number of ketones is 1. The standard InChI is InChI=1S/C12H13BrCl2O2/c1-4-12(2,13)11(16)7-5-6-8(17-3)10(15)9(7)14/h5-6H,4H2,1-3H3. The molecule has 0 heterocycles. The van der Waals surface area contributed by atoms with E-state index in [9.17, 15) is 4.79 Å². The van der Waals surface area contributed by atoms with E-state index in [4.69, 9.17) is 27.9 Å². The third-order valence-corrected chi connectivity index (χ3v) is 4.43. The Bertz CT molecular complexity index is 444. The Morgan fingerprint density at radius 1 is 1.41 bits per heavy atom. The number of halogens is 3. The molecule has 0 spiro atoms. The SMILES string of the molecule is CCC(C)(Br)C(=O)c1ccc(OC)c(Cl)c1Cl. The molecule has 0 saturated carbocycles. The molecule has 0 aliphatic rings. The van der Waals surface area contributed by atoms with Crippen molar-refractivity contribution >= 4 is 44.9 Å². The number of rotatable bonds is 4. The first-order valence-corrected chi connectivity index (χ1v) is 6.65. The topological polar surface area (TPSA) is 26.3 Å². The zero-order valence-corrected chi connectivity index (χ0v) is 12.9. The van der Waals surface area contributed by atoms with Gasteiger partial charge in [0.1, 0.15) is 10.8 Å². The highest BCUT2D eigenvalue weighted by Gasteiger charge is 2.31. The van der Waals surface area contributed by atoms with Crippen LogP contribution in [0.4, 0.5) is 0 Å². The molecule has 0 aliphatic carbocycles. The number of benzene rings is 1. The van der Waals surface area contributed by atoms with Crippen molar-refractivity contribution in [1.82, 2.24) is 0 Å². The van der Waals surface area contributed by atoms with Crippen LogP contribution in [-0.4, -0.2) is 17.2 Å². The van der Waals surface area contributed by atoms with Gasteiger partial charge in [0, 0.05) is 5.56 Å². The lowest BCUT2D eigenvalue weighted by molar-refractivity contribution is 0.0952. The number of methoxy groups -OCH3 is 1. The lowest BCUT2D eigenvalue weighted by atomic mass is 9.97. The van der Waals surface area contributed by atoms with Crippen molar-refractivity contribution in [2.45, 2.75) is 24.6 Å². The fourth-order valence-electron chi connectivity index (χ4n) is 1.31. The Kier molecular flexibility index (Phi) is 4.87. The fraction of sp³-hybridized carbons (Fsp3) is 0.417. The van der Waals surface area contributed by atoms with Gasteiger partial charge in [0.25, 0.3) is 0 Å². The van der Waals surface area contributed by atoms with E-state index in [-0.39, 0.29) is 15.8 Å². The summed E-state index contributed by atoms with van der Waals surface area (Å²) in [6, 6.07) is 3.27. The monoisotopic (exact) mass is 338 g/mol. The molecule has 17 heavy (non-hydrogen) atoms. The zero-order valence-electron chi connectivity index (χ0n) is 9.81. The average Bonchev–Trinajstić information content (AvgIpc) is 2.31. The summed E-state index contributed by atoms with van der Waals surface area (Å²) in [6.45, 7) is 3.73. The van der Waals surface area contributed by atoms with Gasteiger partial charge in [-0.2, -0.15) is 0 Å². The molecule has 2 nitrogen and oxygen atoms in total. The molecule has 1 rings (SSSR count). The molecule has 0 aliphatic heterocycles. The molecule has 0 radical (unpaired) electrons. The summed E-state index contributed by atoms with van der Waals surface area (Å²) >= 11 is 15.5. The van der Waals surface area contributed by atoms with Gasteiger partial charge in [-0.15, -0.1) is 0 Å². The fourth-order valence-corrected chi connectivity index (χ4v) is 2.00. The third-order valence-electron chi connectivity index (χ3n) is 2.65. The van der Waals surface area contributed by atoms with Gasteiger partial charge in [-0.1, -0.05) is 46.1 Å². The maximum Gasteiger partial charge on any atom is 0.180 e. The molecule has 0 fully saturated rings. The van der Waals surface area contributed by atoms with Crippen molar-refractivity contribution in [1.29, 1.82) is 0 Å². The lowest BCUT2D eigenvalue weighted by Crippen LogP contribution is -2.27. The number of hydrogen-bond acceptors (Lipinski definition) is 2. The van der Waals surface area contributed by atoms with Crippen LogP contribution in [0, 0.1) is 0 Å². The summed E-state index contributed by atoms with van der Waals surface area (Å²) < 4.78 is 4.40. The second-order valence-corrected chi connectivity index (χ2v) is 6.33. The summed E-state index contributed by atoms with van der Waals surface area (Å²) in [7, 11) is 1.50. The van der Waals surface area contributed by atoms with E-state index in [1.54, 1.807) is 12.1 Å². The largest absolute Gasteiger partial charge is 0.495 e. The number of hydrogen-bond donors (Lipinski definition) is 0. The molecular weight excluding hydrogens is 327 g/mol. The number of ether oxygens (including phenoxy) is 1. The molecule has 94 valence electrons. The molecular formula is C12H13BrCl2O2. The molecule has 1 aromatic carbocycles. The Hall–Kier alpha value is -0.250. The summed E-state index contributed by atoms with van der Waals surface area (Å²) in [5.41, 5.74) is 0.402. The van der Waals surface area contributed by atoms with E-state index >= 15 is 0 Å². The number of carbonyl (C=O) groups excluding carboxylic acids is 1. The van der Waals surface area contributed by atoms with Crippen molar-refractivity contribution in [2.75, 3.05) is 7.11 Å². The van der Waals surface area contributed by atoms with Gasteiger partial charge in [-0.25, -0.2) is 0 Å². The first-order chi connectivity index (χ1) is 7.85. The normalized spacial score (nSPS) is 14.2. The van der Waals surface area contributed by atoms with Crippen molar-refractivity contribution in [3.05, 3.63) is 27.7 Å². The van der Waals surface area contributed by atoms with Crippen molar-refractivity contribution in [3.8, 4) is 5.75 Å². The quantitative estimate of drug-likeness (QED) is 0.584. The minimum absolute atomic E-state index is 0.0884. The number of alkyl halides is 1.